The van der Waals surface area contributed by atoms with Crippen molar-refractivity contribution in [3.63, 3.8) is 0 Å². The average Bonchev–Trinajstić information content (AvgIpc) is 2.16. The molecule has 0 aliphatic carbocycles. The van der Waals surface area contributed by atoms with Crippen molar-refractivity contribution in [2.45, 2.75) is 27.2 Å². The molecule has 0 heterocycles. The minimum Gasteiger partial charge on any atom is -0.381 e. The maximum Gasteiger partial charge on any atom is 0.222 e. The Bertz CT molecular complexity index is 219. The topological polar surface area (TPSA) is 62.1 Å². The molecule has 0 aromatic carbocycles. The molecule has 0 spiro atoms. The molecule has 0 aromatic rings. The number of nitriles is 1. The van der Waals surface area contributed by atoms with Crippen LogP contribution < -0.4 is 5.32 Å². The van der Waals surface area contributed by atoms with Crippen LogP contribution in [0.15, 0.2) is 0 Å². The number of rotatable bonds is 6. The summed E-state index contributed by atoms with van der Waals surface area (Å²) < 4.78 is 5.04. The SMILES string of the molecule is CCOCCC(=O)NCC(C)(C)C#N. The highest BCUT2D eigenvalue weighted by Gasteiger charge is 2.17. The first-order chi connectivity index (χ1) is 6.52. The van der Waals surface area contributed by atoms with Crippen molar-refractivity contribution in [3.8, 4) is 6.07 Å². The van der Waals surface area contributed by atoms with E-state index in [0.29, 0.717) is 26.2 Å². The fraction of sp³-hybridized carbons (Fsp3) is 0.800. The molecule has 1 amide bonds. The van der Waals surface area contributed by atoms with Crippen LogP contribution in [0.3, 0.4) is 0 Å². The fourth-order valence-electron chi connectivity index (χ4n) is 0.757. The number of ether oxygens (including phenoxy) is 1. The van der Waals surface area contributed by atoms with E-state index in [1.165, 1.54) is 0 Å². The average molecular weight is 198 g/mol. The zero-order chi connectivity index (χ0) is 11.0. The second-order valence-electron chi connectivity index (χ2n) is 3.72. The first kappa shape index (κ1) is 12.9. The highest BCUT2D eigenvalue weighted by Crippen LogP contribution is 2.10. The molecule has 0 radical (unpaired) electrons. The second kappa shape index (κ2) is 6.39. The van der Waals surface area contributed by atoms with Crippen molar-refractivity contribution >= 4 is 5.91 Å². The summed E-state index contributed by atoms with van der Waals surface area (Å²) >= 11 is 0. The summed E-state index contributed by atoms with van der Waals surface area (Å²) in [5, 5.41) is 11.4. The van der Waals surface area contributed by atoms with Crippen LogP contribution >= 0.6 is 0 Å². The van der Waals surface area contributed by atoms with Gasteiger partial charge in [-0.3, -0.25) is 4.79 Å². The Morgan fingerprint density at radius 2 is 2.21 bits per heavy atom. The zero-order valence-corrected chi connectivity index (χ0v) is 9.09. The van der Waals surface area contributed by atoms with Crippen molar-refractivity contribution in [1.82, 2.24) is 5.32 Å². The standard InChI is InChI=1S/C10H18N2O2/c1-4-14-6-5-9(13)12-8-10(2,3)7-11/h4-6,8H2,1-3H3,(H,12,13). The van der Waals surface area contributed by atoms with E-state index < -0.39 is 5.41 Å². The van der Waals surface area contributed by atoms with Gasteiger partial charge in [-0.05, 0) is 20.8 Å². The number of amides is 1. The Balaban J connectivity index is 3.60. The van der Waals surface area contributed by atoms with Crippen LogP contribution in [0.1, 0.15) is 27.2 Å². The van der Waals surface area contributed by atoms with Crippen LogP contribution in [0.2, 0.25) is 0 Å². The van der Waals surface area contributed by atoms with Gasteiger partial charge >= 0.3 is 0 Å². The Hall–Kier alpha value is -1.08. The molecule has 0 aliphatic rings. The monoisotopic (exact) mass is 198 g/mol. The third-order valence-electron chi connectivity index (χ3n) is 1.71. The summed E-state index contributed by atoms with van der Waals surface area (Å²) in [6.45, 7) is 6.91. The summed E-state index contributed by atoms with van der Waals surface area (Å²) in [6, 6.07) is 2.12. The predicted octanol–water partition coefficient (Wildman–Crippen LogP) is 1.08. The lowest BCUT2D eigenvalue weighted by molar-refractivity contribution is -0.122. The molecule has 4 nitrogen and oxygen atoms in total. The Morgan fingerprint density at radius 3 is 2.71 bits per heavy atom. The molecule has 80 valence electrons. The molecule has 0 bridgehead atoms. The van der Waals surface area contributed by atoms with E-state index in [1.54, 1.807) is 13.8 Å². The highest BCUT2D eigenvalue weighted by molar-refractivity contribution is 5.76. The van der Waals surface area contributed by atoms with Gasteiger partial charge < -0.3 is 10.1 Å². The molecule has 0 aliphatic heterocycles. The van der Waals surface area contributed by atoms with Crippen LogP contribution in [0.25, 0.3) is 0 Å². The van der Waals surface area contributed by atoms with Crippen molar-refractivity contribution in [3.05, 3.63) is 0 Å². The van der Waals surface area contributed by atoms with Gasteiger partial charge in [0.25, 0.3) is 0 Å². The summed E-state index contributed by atoms with van der Waals surface area (Å²) in [7, 11) is 0. The lowest BCUT2D eigenvalue weighted by atomic mass is 9.96. The van der Waals surface area contributed by atoms with E-state index in [4.69, 9.17) is 10.00 Å². The second-order valence-corrected chi connectivity index (χ2v) is 3.72. The number of carbonyl (C=O) groups is 1. The normalized spacial score (nSPS) is 10.7. The lowest BCUT2D eigenvalue weighted by Gasteiger charge is -2.15. The van der Waals surface area contributed by atoms with Crippen LogP contribution in [0.4, 0.5) is 0 Å². The van der Waals surface area contributed by atoms with Crippen LogP contribution in [-0.4, -0.2) is 25.7 Å². The van der Waals surface area contributed by atoms with Gasteiger partial charge in [-0.15, -0.1) is 0 Å². The van der Waals surface area contributed by atoms with Gasteiger partial charge in [-0.25, -0.2) is 0 Å². The largest absolute Gasteiger partial charge is 0.381 e. The lowest BCUT2D eigenvalue weighted by Crippen LogP contribution is -2.33. The zero-order valence-electron chi connectivity index (χ0n) is 9.09. The maximum atomic E-state index is 11.2. The fourth-order valence-corrected chi connectivity index (χ4v) is 0.757. The van der Waals surface area contributed by atoms with Crippen LogP contribution in [0.5, 0.6) is 0 Å². The summed E-state index contributed by atoms with van der Waals surface area (Å²) in [5.41, 5.74) is -0.499. The summed E-state index contributed by atoms with van der Waals surface area (Å²) in [4.78, 5) is 11.2. The van der Waals surface area contributed by atoms with Gasteiger partial charge in [0.15, 0.2) is 0 Å². The van der Waals surface area contributed by atoms with Crippen LogP contribution in [-0.2, 0) is 9.53 Å². The number of hydrogen-bond donors (Lipinski definition) is 1. The molecule has 0 saturated heterocycles. The smallest absolute Gasteiger partial charge is 0.222 e. The van der Waals surface area contributed by atoms with E-state index in [0.717, 1.165) is 0 Å². The van der Waals surface area contributed by atoms with Gasteiger partial charge in [-0.1, -0.05) is 0 Å². The molecule has 1 N–H and O–H groups in total. The molecule has 0 saturated carbocycles. The maximum absolute atomic E-state index is 11.2. The summed E-state index contributed by atoms with van der Waals surface area (Å²) in [5.74, 6) is -0.0678. The Kier molecular flexibility index (Phi) is 5.89. The van der Waals surface area contributed by atoms with E-state index in [2.05, 4.69) is 11.4 Å². The molecule has 0 fully saturated rings. The quantitative estimate of drug-likeness (QED) is 0.649. The molecule has 4 heteroatoms. The van der Waals surface area contributed by atoms with E-state index >= 15 is 0 Å². The summed E-state index contributed by atoms with van der Waals surface area (Å²) in [6.07, 6.45) is 0.356. The van der Waals surface area contributed by atoms with Crippen LogP contribution in [0, 0.1) is 16.7 Å². The first-order valence-electron chi connectivity index (χ1n) is 4.77. The van der Waals surface area contributed by atoms with Crippen molar-refractivity contribution < 1.29 is 9.53 Å². The molecule has 0 aromatic heterocycles. The number of carbonyl (C=O) groups excluding carboxylic acids is 1. The van der Waals surface area contributed by atoms with Gasteiger partial charge in [-0.2, -0.15) is 5.26 Å². The Morgan fingerprint density at radius 1 is 1.57 bits per heavy atom. The van der Waals surface area contributed by atoms with E-state index in [9.17, 15) is 4.79 Å². The molecular formula is C10H18N2O2. The third kappa shape index (κ3) is 6.44. The molecular weight excluding hydrogens is 180 g/mol. The van der Waals surface area contributed by atoms with Crippen molar-refractivity contribution in [1.29, 1.82) is 5.26 Å². The van der Waals surface area contributed by atoms with E-state index in [-0.39, 0.29) is 5.91 Å². The van der Waals surface area contributed by atoms with E-state index in [1.807, 2.05) is 6.92 Å². The number of nitrogens with zero attached hydrogens (tertiary/aromatic N) is 1. The van der Waals surface area contributed by atoms with Gasteiger partial charge in [0.1, 0.15) is 0 Å². The minimum atomic E-state index is -0.499. The predicted molar refractivity (Wildman–Crippen MR) is 53.5 cm³/mol. The van der Waals surface area contributed by atoms with Gasteiger partial charge in [0.05, 0.1) is 18.1 Å². The molecule has 0 unspecified atom stereocenters. The minimum absolute atomic E-state index is 0.0678. The van der Waals surface area contributed by atoms with Crippen molar-refractivity contribution in [2.75, 3.05) is 19.8 Å². The number of nitrogens with one attached hydrogen (secondary N) is 1. The van der Waals surface area contributed by atoms with Crippen molar-refractivity contribution in [2.24, 2.45) is 5.41 Å². The third-order valence-corrected chi connectivity index (χ3v) is 1.71. The Labute approximate surface area is 85.2 Å². The molecule has 0 rings (SSSR count). The highest BCUT2D eigenvalue weighted by atomic mass is 16.5. The van der Waals surface area contributed by atoms with Gasteiger partial charge in [0, 0.05) is 19.6 Å². The van der Waals surface area contributed by atoms with Gasteiger partial charge in [0.2, 0.25) is 5.91 Å². The first-order valence-corrected chi connectivity index (χ1v) is 4.77. The molecule has 14 heavy (non-hydrogen) atoms. The molecule has 0 atom stereocenters. The number of hydrogen-bond acceptors (Lipinski definition) is 3.